The number of ether oxygens (including phenoxy) is 2. The van der Waals surface area contributed by atoms with E-state index in [1.807, 2.05) is 52.8 Å². The number of benzene rings is 1. The number of nitrogens with zero attached hydrogens (tertiary/aromatic N) is 3. The van der Waals surface area contributed by atoms with Crippen LogP contribution in [0.2, 0.25) is 0 Å². The number of nitrogens with two attached hydrogens (primary N) is 1. The number of oxazole rings is 2. The predicted octanol–water partition coefficient (Wildman–Crippen LogP) is 5.04. The fraction of sp³-hybridized carbons (Fsp3) is 0.500. The fourth-order valence-corrected chi connectivity index (χ4v) is 5.36. The minimum Gasteiger partial charge on any atom is -0.443 e. The van der Waals surface area contributed by atoms with E-state index in [9.17, 15) is 19.6 Å². The first-order chi connectivity index (χ1) is 20.8. The molecule has 234 valence electrons. The highest BCUT2D eigenvalue weighted by Gasteiger charge is 2.48. The maximum Gasteiger partial charge on any atom is 0.508 e. The molecule has 2 unspecified atom stereocenters. The van der Waals surface area contributed by atoms with Crippen LogP contribution in [0.4, 0.5) is 4.79 Å². The van der Waals surface area contributed by atoms with E-state index in [2.05, 4.69) is 21.1 Å². The Morgan fingerprint density at radius 2 is 1.98 bits per heavy atom. The third-order valence-electron chi connectivity index (χ3n) is 7.55. The van der Waals surface area contributed by atoms with Crippen molar-refractivity contribution in [2.75, 3.05) is 7.11 Å². The van der Waals surface area contributed by atoms with Crippen molar-refractivity contribution >= 4 is 18.0 Å². The zero-order valence-corrected chi connectivity index (χ0v) is 26.0. The summed E-state index contributed by atoms with van der Waals surface area (Å²) in [4.78, 5) is 43.6. The molecule has 0 saturated carbocycles. The van der Waals surface area contributed by atoms with E-state index in [0.29, 0.717) is 49.5 Å². The molecule has 1 aromatic carbocycles. The number of hydrogen-bond acceptors (Lipinski definition) is 10. The molecule has 0 spiro atoms. The van der Waals surface area contributed by atoms with Gasteiger partial charge >= 0.3 is 6.16 Å². The van der Waals surface area contributed by atoms with Crippen molar-refractivity contribution in [3.8, 4) is 17.7 Å². The second kappa shape index (κ2) is 12.9. The van der Waals surface area contributed by atoms with Crippen LogP contribution in [0.25, 0.3) is 11.6 Å². The van der Waals surface area contributed by atoms with Crippen LogP contribution in [-0.4, -0.2) is 35.0 Å². The Balaban J connectivity index is 0.000000566. The number of hydrogen-bond donors (Lipinski definition) is 2. The maximum absolute atomic E-state index is 12.9. The van der Waals surface area contributed by atoms with Gasteiger partial charge in [0.25, 0.3) is 0 Å². The topological polar surface area (TPSA) is 184 Å². The average molecular weight is 606 g/mol. The van der Waals surface area contributed by atoms with Gasteiger partial charge in [0.05, 0.1) is 13.2 Å². The van der Waals surface area contributed by atoms with Crippen LogP contribution in [0, 0.1) is 22.7 Å². The molecule has 1 aliphatic heterocycles. The Labute approximate surface area is 256 Å². The van der Waals surface area contributed by atoms with Gasteiger partial charge in [0.1, 0.15) is 30.0 Å². The van der Waals surface area contributed by atoms with Gasteiger partial charge in [0.2, 0.25) is 23.6 Å². The van der Waals surface area contributed by atoms with E-state index in [1.165, 1.54) is 13.4 Å². The summed E-state index contributed by atoms with van der Waals surface area (Å²) in [5, 5.41) is 13.7. The van der Waals surface area contributed by atoms with Crippen molar-refractivity contribution in [3.63, 3.8) is 0 Å². The lowest BCUT2D eigenvalue weighted by molar-refractivity contribution is -0.123. The molecule has 1 aliphatic carbocycles. The van der Waals surface area contributed by atoms with E-state index in [4.69, 9.17) is 24.3 Å². The predicted molar refractivity (Wildman–Crippen MR) is 158 cm³/mol. The molecular weight excluding hydrogens is 566 g/mol. The summed E-state index contributed by atoms with van der Waals surface area (Å²) in [5.41, 5.74) is 6.82. The third kappa shape index (κ3) is 6.93. The molecule has 0 radical (unpaired) electrons. The lowest BCUT2D eigenvalue weighted by Crippen LogP contribution is -2.37. The first kappa shape index (κ1) is 32.3. The average Bonchev–Trinajstić information content (AvgIpc) is 3.69. The molecule has 3 aromatic rings. The first-order valence-corrected chi connectivity index (χ1v) is 14.5. The minimum absolute atomic E-state index is 0.118. The van der Waals surface area contributed by atoms with Crippen LogP contribution < -0.4 is 11.1 Å². The SMILES string of the molecule is CC(C)CC(N)=O.COC(=O)OCc1coc(-c2nc3oc2C2(C#N)CCc4ccc(cc42)CCC(=O)NC3C(C)(C)C)n1. The molecular formula is C32H39N5O7. The number of carbonyl (C=O) groups excluding carboxylic acids is 3. The minimum atomic E-state index is -1.10. The van der Waals surface area contributed by atoms with E-state index >= 15 is 0 Å². The van der Waals surface area contributed by atoms with E-state index < -0.39 is 23.0 Å². The first-order valence-electron chi connectivity index (χ1n) is 14.5. The number of amides is 2. The Bertz CT molecular complexity index is 1580. The molecule has 3 N–H and O–H groups in total. The molecule has 3 heterocycles. The molecule has 44 heavy (non-hydrogen) atoms. The van der Waals surface area contributed by atoms with Gasteiger partial charge in [-0.1, -0.05) is 52.8 Å². The van der Waals surface area contributed by atoms with Gasteiger partial charge in [-0.15, -0.1) is 0 Å². The molecule has 2 atom stereocenters. The van der Waals surface area contributed by atoms with Crippen LogP contribution in [0.15, 0.2) is 33.3 Å². The number of aryl methyl sites for hydroxylation is 2. The van der Waals surface area contributed by atoms with E-state index in [0.717, 1.165) is 16.7 Å². The summed E-state index contributed by atoms with van der Waals surface area (Å²) in [6, 6.07) is 8.01. The van der Waals surface area contributed by atoms with Crippen molar-refractivity contribution < 1.29 is 32.7 Å². The van der Waals surface area contributed by atoms with Crippen LogP contribution in [0.5, 0.6) is 0 Å². The summed E-state index contributed by atoms with van der Waals surface area (Å²) >= 11 is 0. The monoisotopic (exact) mass is 605 g/mol. The van der Waals surface area contributed by atoms with Crippen molar-refractivity contribution in [1.29, 1.82) is 5.26 Å². The lowest BCUT2D eigenvalue weighted by atomic mass is 9.79. The van der Waals surface area contributed by atoms with Crippen LogP contribution >= 0.6 is 0 Å². The molecule has 4 bridgehead atoms. The van der Waals surface area contributed by atoms with Crippen LogP contribution in [0.1, 0.15) is 94.0 Å². The van der Waals surface area contributed by atoms with Gasteiger partial charge < -0.3 is 29.4 Å². The quantitative estimate of drug-likeness (QED) is 0.374. The van der Waals surface area contributed by atoms with Crippen LogP contribution in [-0.2, 0) is 43.9 Å². The van der Waals surface area contributed by atoms with Crippen molar-refractivity contribution in [2.45, 2.75) is 84.8 Å². The summed E-state index contributed by atoms with van der Waals surface area (Å²) < 4.78 is 21.6. The van der Waals surface area contributed by atoms with Gasteiger partial charge in [-0.3, -0.25) is 9.59 Å². The zero-order chi connectivity index (χ0) is 32.2. The van der Waals surface area contributed by atoms with E-state index in [-0.39, 0.29) is 35.9 Å². The number of primary amides is 1. The van der Waals surface area contributed by atoms with Crippen molar-refractivity contribution in [1.82, 2.24) is 15.3 Å². The summed E-state index contributed by atoms with van der Waals surface area (Å²) in [5.74, 6) is 0.796. The Morgan fingerprint density at radius 3 is 2.59 bits per heavy atom. The molecule has 0 saturated heterocycles. The molecule has 0 fully saturated rings. The van der Waals surface area contributed by atoms with Crippen molar-refractivity contribution in [3.05, 3.63) is 58.5 Å². The molecule has 5 rings (SSSR count). The standard InChI is InChI=1S/C27H28N4O6.C5H11NO/c1-26(2,3)21-24-31-20(23-29-17(12-35-23)13-36-25(33)34-4)22(37-24)27(14-28)10-9-16-7-5-15(11-18(16)27)6-8-19(32)30-21;1-4(2)3-5(6)7/h5,7,11-12,21H,6,8-10,13H2,1-4H3,(H,30,32);4H,3H2,1-2H3,(H2,6,7). The molecule has 12 heteroatoms. The smallest absolute Gasteiger partial charge is 0.443 e. The maximum atomic E-state index is 12.9. The second-order valence-corrected chi connectivity index (χ2v) is 12.6. The Hall–Kier alpha value is -4.66. The van der Waals surface area contributed by atoms with Gasteiger partial charge in [-0.2, -0.15) is 5.26 Å². The number of nitrogens with one attached hydrogen (secondary N) is 1. The number of aromatic nitrogens is 2. The van der Waals surface area contributed by atoms with Crippen molar-refractivity contribution in [2.24, 2.45) is 17.1 Å². The summed E-state index contributed by atoms with van der Waals surface area (Å²) in [7, 11) is 1.22. The largest absolute Gasteiger partial charge is 0.508 e. The number of nitriles is 1. The second-order valence-electron chi connectivity index (χ2n) is 12.6. The molecule has 2 amide bonds. The van der Waals surface area contributed by atoms with Gasteiger partial charge in [-0.25, -0.2) is 14.8 Å². The number of fused-ring (bicyclic) bond motifs is 4. The Morgan fingerprint density at radius 1 is 1.23 bits per heavy atom. The highest BCUT2D eigenvalue weighted by Crippen LogP contribution is 2.49. The number of carbonyl (C=O) groups is 3. The molecule has 12 nitrogen and oxygen atoms in total. The summed E-state index contributed by atoms with van der Waals surface area (Å²) in [6.07, 6.45) is 3.07. The third-order valence-corrected chi connectivity index (χ3v) is 7.55. The fourth-order valence-electron chi connectivity index (χ4n) is 5.36. The molecule has 2 aliphatic rings. The zero-order valence-electron chi connectivity index (χ0n) is 26.0. The number of rotatable bonds is 5. The number of methoxy groups -OCH3 is 1. The van der Waals surface area contributed by atoms with E-state index in [1.54, 1.807) is 0 Å². The van der Waals surface area contributed by atoms with Gasteiger partial charge in [0, 0.05) is 12.8 Å². The normalized spacial score (nSPS) is 19.0. The highest BCUT2D eigenvalue weighted by molar-refractivity contribution is 5.77. The van der Waals surface area contributed by atoms with Gasteiger partial charge in [0.15, 0.2) is 11.5 Å². The lowest BCUT2D eigenvalue weighted by Gasteiger charge is -2.29. The molecule has 2 aromatic heterocycles. The Kier molecular flexibility index (Phi) is 9.47. The van der Waals surface area contributed by atoms with Gasteiger partial charge in [-0.05, 0) is 47.3 Å². The highest BCUT2D eigenvalue weighted by atomic mass is 16.7. The summed E-state index contributed by atoms with van der Waals surface area (Å²) in [6.45, 7) is 9.72. The van der Waals surface area contributed by atoms with Crippen LogP contribution in [0.3, 0.4) is 0 Å².